The first-order valence-corrected chi connectivity index (χ1v) is 8.49. The maximum absolute atomic E-state index is 3.74. The second-order valence-corrected chi connectivity index (χ2v) is 6.96. The average Bonchev–Trinajstić information content (AvgIpc) is 2.99. The second kappa shape index (κ2) is 6.00. The Bertz CT molecular complexity index is 409. The highest BCUT2D eigenvalue weighted by atomic mass is 32.1. The van der Waals surface area contributed by atoms with Gasteiger partial charge in [0.15, 0.2) is 0 Å². The lowest BCUT2D eigenvalue weighted by Crippen LogP contribution is -2.25. The molecule has 1 N–H and O–H groups in total. The lowest BCUT2D eigenvalue weighted by molar-refractivity contribution is 0.290. The molecule has 0 aromatic carbocycles. The predicted octanol–water partition coefficient (Wildman–Crippen LogP) is 4.68. The van der Waals surface area contributed by atoms with Crippen molar-refractivity contribution in [2.24, 2.45) is 5.92 Å². The molecule has 96 valence electrons. The largest absolute Gasteiger partial charge is 0.305 e. The maximum atomic E-state index is 3.74. The van der Waals surface area contributed by atoms with Gasteiger partial charge in [-0.3, -0.25) is 0 Å². The van der Waals surface area contributed by atoms with Crippen LogP contribution in [0.2, 0.25) is 0 Å². The summed E-state index contributed by atoms with van der Waals surface area (Å²) < 4.78 is 0. The van der Waals surface area contributed by atoms with E-state index in [0.717, 1.165) is 12.5 Å². The van der Waals surface area contributed by atoms with Gasteiger partial charge < -0.3 is 5.32 Å². The Labute approximate surface area is 117 Å². The summed E-state index contributed by atoms with van der Waals surface area (Å²) >= 11 is 3.70. The van der Waals surface area contributed by atoms with Gasteiger partial charge in [-0.05, 0) is 41.8 Å². The zero-order chi connectivity index (χ0) is 12.2. The monoisotopic (exact) mass is 277 g/mol. The zero-order valence-corrected chi connectivity index (χ0v) is 12.1. The van der Waals surface area contributed by atoms with E-state index in [-0.39, 0.29) is 0 Å². The summed E-state index contributed by atoms with van der Waals surface area (Å²) in [6.45, 7) is 1.14. The van der Waals surface area contributed by atoms with Crippen molar-refractivity contribution >= 4 is 22.7 Å². The van der Waals surface area contributed by atoms with Crippen LogP contribution < -0.4 is 5.32 Å². The minimum absolute atomic E-state index is 0.407. The highest BCUT2D eigenvalue weighted by molar-refractivity contribution is 7.11. The molecular formula is C15H19NS2. The number of hydrogen-bond acceptors (Lipinski definition) is 3. The third kappa shape index (κ3) is 2.85. The van der Waals surface area contributed by atoms with Crippen molar-refractivity contribution in [3.63, 3.8) is 0 Å². The van der Waals surface area contributed by atoms with Crippen LogP contribution in [0.3, 0.4) is 0 Å². The summed E-state index contributed by atoms with van der Waals surface area (Å²) in [6.07, 6.45) is 5.69. The van der Waals surface area contributed by atoms with E-state index in [0.29, 0.717) is 6.04 Å². The van der Waals surface area contributed by atoms with Crippen LogP contribution >= 0.6 is 22.7 Å². The van der Waals surface area contributed by atoms with Crippen LogP contribution in [0.25, 0.3) is 0 Å². The van der Waals surface area contributed by atoms with Crippen molar-refractivity contribution in [2.45, 2.75) is 31.7 Å². The summed E-state index contributed by atoms with van der Waals surface area (Å²) in [5.74, 6) is 0.991. The van der Waals surface area contributed by atoms with Crippen molar-refractivity contribution in [1.29, 1.82) is 0 Å². The standard InChI is InChI=1S/C15H19NS2/c1-4-12(5-1)8-9-16-15(13-6-2-10-17-13)14-7-3-11-18-14/h2-3,6-7,10-12,15-16H,1,4-5,8-9H2. The van der Waals surface area contributed by atoms with Gasteiger partial charge in [-0.2, -0.15) is 0 Å². The predicted molar refractivity (Wildman–Crippen MR) is 80.4 cm³/mol. The van der Waals surface area contributed by atoms with Gasteiger partial charge in [-0.25, -0.2) is 0 Å². The number of thiophene rings is 2. The van der Waals surface area contributed by atoms with E-state index in [4.69, 9.17) is 0 Å². The van der Waals surface area contributed by atoms with Crippen molar-refractivity contribution in [2.75, 3.05) is 6.54 Å². The third-order valence-corrected chi connectivity index (χ3v) is 5.66. The van der Waals surface area contributed by atoms with Crippen molar-refractivity contribution in [1.82, 2.24) is 5.32 Å². The van der Waals surface area contributed by atoms with Crippen LogP contribution in [-0.4, -0.2) is 6.54 Å². The van der Waals surface area contributed by atoms with Gasteiger partial charge in [-0.1, -0.05) is 31.4 Å². The van der Waals surface area contributed by atoms with E-state index in [1.807, 2.05) is 22.7 Å². The fraction of sp³-hybridized carbons (Fsp3) is 0.467. The Balaban J connectivity index is 1.62. The first-order valence-electron chi connectivity index (χ1n) is 6.73. The topological polar surface area (TPSA) is 12.0 Å². The molecule has 0 aliphatic heterocycles. The summed E-state index contributed by atoms with van der Waals surface area (Å²) in [5.41, 5.74) is 0. The second-order valence-electron chi connectivity index (χ2n) is 5.00. The zero-order valence-electron chi connectivity index (χ0n) is 10.5. The van der Waals surface area contributed by atoms with Gasteiger partial charge >= 0.3 is 0 Å². The Kier molecular flexibility index (Phi) is 4.13. The molecular weight excluding hydrogens is 258 g/mol. The average molecular weight is 277 g/mol. The molecule has 3 heteroatoms. The third-order valence-electron chi connectivity index (χ3n) is 3.78. The van der Waals surface area contributed by atoms with Crippen molar-refractivity contribution in [3.05, 3.63) is 44.8 Å². The highest BCUT2D eigenvalue weighted by Crippen LogP contribution is 2.31. The van der Waals surface area contributed by atoms with Crippen LogP contribution in [0, 0.1) is 5.92 Å². The molecule has 18 heavy (non-hydrogen) atoms. The molecule has 0 atom stereocenters. The first kappa shape index (κ1) is 12.4. The molecule has 1 aliphatic rings. The summed E-state index contributed by atoms with van der Waals surface area (Å²) in [6, 6.07) is 9.18. The van der Waals surface area contributed by atoms with Crippen LogP contribution in [0.4, 0.5) is 0 Å². The van der Waals surface area contributed by atoms with Gasteiger partial charge in [-0.15, -0.1) is 22.7 Å². The molecule has 1 saturated carbocycles. The van der Waals surface area contributed by atoms with E-state index in [9.17, 15) is 0 Å². The Morgan fingerprint density at radius 3 is 2.22 bits per heavy atom. The van der Waals surface area contributed by atoms with E-state index >= 15 is 0 Å². The lowest BCUT2D eigenvalue weighted by atomic mass is 9.83. The van der Waals surface area contributed by atoms with Crippen molar-refractivity contribution in [3.8, 4) is 0 Å². The quantitative estimate of drug-likeness (QED) is 0.808. The molecule has 0 radical (unpaired) electrons. The number of rotatable bonds is 6. The molecule has 3 rings (SSSR count). The molecule has 1 fully saturated rings. The van der Waals surface area contributed by atoms with Crippen LogP contribution in [0.1, 0.15) is 41.5 Å². The first-order chi connectivity index (χ1) is 8.93. The van der Waals surface area contributed by atoms with Gasteiger partial charge in [0.1, 0.15) is 0 Å². The molecule has 2 aromatic rings. The Morgan fingerprint density at radius 1 is 1.11 bits per heavy atom. The maximum Gasteiger partial charge on any atom is 0.0764 e. The molecule has 1 aliphatic carbocycles. The van der Waals surface area contributed by atoms with E-state index < -0.39 is 0 Å². The number of nitrogens with one attached hydrogen (secondary N) is 1. The summed E-state index contributed by atoms with van der Waals surface area (Å²) in [7, 11) is 0. The van der Waals surface area contributed by atoms with E-state index in [1.165, 1.54) is 35.4 Å². The van der Waals surface area contributed by atoms with E-state index in [1.54, 1.807) is 0 Å². The molecule has 0 spiro atoms. The van der Waals surface area contributed by atoms with Gasteiger partial charge in [0.2, 0.25) is 0 Å². The van der Waals surface area contributed by atoms with E-state index in [2.05, 4.69) is 40.3 Å². The molecule has 0 unspecified atom stereocenters. The fourth-order valence-corrected chi connectivity index (χ4v) is 4.18. The van der Waals surface area contributed by atoms with Crippen molar-refractivity contribution < 1.29 is 0 Å². The molecule has 0 saturated heterocycles. The van der Waals surface area contributed by atoms with Crippen LogP contribution in [0.5, 0.6) is 0 Å². The Morgan fingerprint density at radius 2 is 1.78 bits per heavy atom. The van der Waals surface area contributed by atoms with Crippen LogP contribution in [0.15, 0.2) is 35.0 Å². The summed E-state index contributed by atoms with van der Waals surface area (Å²) in [5, 5.41) is 8.08. The van der Waals surface area contributed by atoms with Gasteiger partial charge in [0.05, 0.1) is 6.04 Å². The SMILES string of the molecule is c1csc(C(NCCC2CCC2)c2cccs2)c1. The molecule has 1 nitrogen and oxygen atoms in total. The lowest BCUT2D eigenvalue weighted by Gasteiger charge is -2.26. The smallest absolute Gasteiger partial charge is 0.0764 e. The molecule has 2 aromatic heterocycles. The fourth-order valence-electron chi connectivity index (χ4n) is 2.47. The van der Waals surface area contributed by atoms with Gasteiger partial charge in [0.25, 0.3) is 0 Å². The summed E-state index contributed by atoms with van der Waals surface area (Å²) in [4.78, 5) is 2.87. The normalized spacial score (nSPS) is 16.1. The van der Waals surface area contributed by atoms with Crippen LogP contribution in [-0.2, 0) is 0 Å². The molecule has 0 amide bonds. The molecule has 2 heterocycles. The minimum atomic E-state index is 0.407. The van der Waals surface area contributed by atoms with Gasteiger partial charge in [0, 0.05) is 9.75 Å². The highest BCUT2D eigenvalue weighted by Gasteiger charge is 2.19. The minimum Gasteiger partial charge on any atom is -0.305 e. The Hall–Kier alpha value is -0.640. The number of hydrogen-bond donors (Lipinski definition) is 1. The molecule has 0 bridgehead atoms.